The Bertz CT molecular complexity index is 1420. The van der Waals surface area contributed by atoms with Gasteiger partial charge in [0.1, 0.15) is 12.7 Å². The van der Waals surface area contributed by atoms with E-state index in [0.717, 1.165) is 32.1 Å². The van der Waals surface area contributed by atoms with Gasteiger partial charge in [0.05, 0.1) is 32.0 Å². The van der Waals surface area contributed by atoms with Crippen molar-refractivity contribution < 1.29 is 71.8 Å². The van der Waals surface area contributed by atoms with Gasteiger partial charge in [-0.15, -0.1) is 0 Å². The van der Waals surface area contributed by atoms with Crippen LogP contribution in [0.15, 0.2) is 72.9 Å². The Morgan fingerprint density at radius 1 is 0.556 bits per heavy atom. The van der Waals surface area contributed by atoms with Crippen molar-refractivity contribution in [2.24, 2.45) is 0 Å². The monoisotopic (exact) mass is 934 g/mol. The van der Waals surface area contributed by atoms with Gasteiger partial charge in [0.15, 0.2) is 6.10 Å². The molecule has 0 saturated heterocycles. The van der Waals surface area contributed by atoms with Crippen LogP contribution in [-0.4, -0.2) is 92.8 Å². The number of hydrogen-bond donors (Lipinski definition) is 6. The first-order valence-corrected chi connectivity index (χ1v) is 25.9. The molecule has 1 unspecified atom stereocenters. The van der Waals surface area contributed by atoms with Crippen molar-refractivity contribution >= 4 is 27.6 Å². The molecule has 0 aromatic heterocycles. The standard InChI is InChI=1S/C46H80O15P2/c1-3-5-7-8-9-10-11-12-13-14-15-16-20-23-29-36-46(51)61-44(40-60-63(55,56)59-38-43(49)37-58-62(52,53)54)39-57-45(50)35-30-24-28-34-42(48)33-27-22-19-17-18-21-26-32-41(47)31-25-6-4-2/h6,18-19,21-22,25-28,32-34,41-44,47-49H,3-5,7-17,20,23-24,29-31,35-40H2,1-2H3,(H,55,56)(H2,52,53,54)/b21-18-,22-19-,25-6-,32-26+,33-27+,34-28-/t41-,42-,43+,44-/m1/s1. The van der Waals surface area contributed by atoms with Gasteiger partial charge in [0, 0.05) is 12.8 Å². The van der Waals surface area contributed by atoms with Gasteiger partial charge >= 0.3 is 27.6 Å². The number of unbranched alkanes of at least 4 members (excludes halogenated alkanes) is 15. The van der Waals surface area contributed by atoms with E-state index in [-0.39, 0.29) is 12.8 Å². The molecule has 15 nitrogen and oxygen atoms in total. The summed E-state index contributed by atoms with van der Waals surface area (Å²) in [5.74, 6) is -1.21. The summed E-state index contributed by atoms with van der Waals surface area (Å²) in [6, 6.07) is 0. The molecule has 0 amide bonds. The number of allylic oxidation sites excluding steroid dienone is 8. The molecular formula is C46H80O15P2. The number of phosphoric acid groups is 2. The zero-order valence-electron chi connectivity index (χ0n) is 37.9. The topological polar surface area (TPSA) is 236 Å². The lowest BCUT2D eigenvalue weighted by atomic mass is 10.0. The molecule has 17 heteroatoms. The fourth-order valence-electron chi connectivity index (χ4n) is 5.79. The molecular weight excluding hydrogens is 854 g/mol. The van der Waals surface area contributed by atoms with Crippen molar-refractivity contribution in [3.63, 3.8) is 0 Å². The lowest BCUT2D eigenvalue weighted by Gasteiger charge is -2.20. The zero-order valence-corrected chi connectivity index (χ0v) is 39.7. The second-order valence-electron chi connectivity index (χ2n) is 15.4. The molecule has 0 rings (SSSR count). The molecule has 364 valence electrons. The van der Waals surface area contributed by atoms with Crippen molar-refractivity contribution in [2.75, 3.05) is 26.4 Å². The lowest BCUT2D eigenvalue weighted by molar-refractivity contribution is -0.161. The van der Waals surface area contributed by atoms with E-state index in [1.807, 2.05) is 49.5 Å². The third-order valence-electron chi connectivity index (χ3n) is 9.27. The Morgan fingerprint density at radius 2 is 1.10 bits per heavy atom. The van der Waals surface area contributed by atoms with E-state index < -0.39 is 78.4 Å². The molecule has 0 aliphatic carbocycles. The largest absolute Gasteiger partial charge is 0.472 e. The van der Waals surface area contributed by atoms with E-state index in [4.69, 9.17) is 23.8 Å². The quantitative estimate of drug-likeness (QED) is 0.0110. The van der Waals surface area contributed by atoms with Crippen molar-refractivity contribution in [3.05, 3.63) is 72.9 Å². The average molecular weight is 935 g/mol. The maximum absolute atomic E-state index is 12.7. The molecule has 0 fully saturated rings. The molecule has 0 radical (unpaired) electrons. The van der Waals surface area contributed by atoms with Gasteiger partial charge in [0.2, 0.25) is 0 Å². The highest BCUT2D eigenvalue weighted by molar-refractivity contribution is 7.47. The number of phosphoric ester groups is 2. The number of aliphatic hydroxyl groups excluding tert-OH is 3. The highest BCUT2D eigenvalue weighted by Gasteiger charge is 2.28. The molecule has 0 aromatic rings. The van der Waals surface area contributed by atoms with Crippen molar-refractivity contribution in [2.45, 2.75) is 180 Å². The third kappa shape index (κ3) is 44.5. The van der Waals surface area contributed by atoms with Gasteiger partial charge in [-0.1, -0.05) is 177 Å². The lowest BCUT2D eigenvalue weighted by Crippen LogP contribution is -2.30. The van der Waals surface area contributed by atoms with Crippen LogP contribution in [0.25, 0.3) is 0 Å². The Hall–Kier alpha value is -2.52. The van der Waals surface area contributed by atoms with E-state index in [1.165, 1.54) is 64.2 Å². The van der Waals surface area contributed by atoms with Gasteiger partial charge in [-0.3, -0.25) is 23.2 Å². The first-order valence-electron chi connectivity index (χ1n) is 22.9. The van der Waals surface area contributed by atoms with Gasteiger partial charge in [-0.05, 0) is 38.5 Å². The highest BCUT2D eigenvalue weighted by Crippen LogP contribution is 2.43. The maximum Gasteiger partial charge on any atom is 0.472 e. The molecule has 0 spiro atoms. The van der Waals surface area contributed by atoms with E-state index >= 15 is 0 Å². The van der Waals surface area contributed by atoms with Crippen molar-refractivity contribution in [1.82, 2.24) is 0 Å². The van der Waals surface area contributed by atoms with Gasteiger partial charge in [-0.25, -0.2) is 9.13 Å². The number of carbonyl (C=O) groups is 2. The molecule has 0 aromatic carbocycles. The minimum Gasteiger partial charge on any atom is -0.462 e. The molecule has 0 aliphatic rings. The minimum absolute atomic E-state index is 0.00735. The fourth-order valence-corrected chi connectivity index (χ4v) is 6.95. The van der Waals surface area contributed by atoms with Crippen LogP contribution in [0.4, 0.5) is 0 Å². The van der Waals surface area contributed by atoms with Crippen molar-refractivity contribution in [3.8, 4) is 0 Å². The smallest absolute Gasteiger partial charge is 0.462 e. The minimum atomic E-state index is -4.89. The second-order valence-corrected chi connectivity index (χ2v) is 18.0. The van der Waals surface area contributed by atoms with E-state index in [1.54, 1.807) is 30.4 Å². The average Bonchev–Trinajstić information content (AvgIpc) is 3.23. The first kappa shape index (κ1) is 60.5. The molecule has 0 bridgehead atoms. The summed E-state index contributed by atoms with van der Waals surface area (Å²) in [7, 11) is -9.75. The van der Waals surface area contributed by atoms with Crippen LogP contribution in [0.5, 0.6) is 0 Å². The number of rotatable bonds is 42. The summed E-state index contributed by atoms with van der Waals surface area (Å²) >= 11 is 0. The second kappa shape index (κ2) is 40.9. The van der Waals surface area contributed by atoms with Gasteiger partial charge in [-0.2, -0.15) is 0 Å². The Morgan fingerprint density at radius 3 is 1.68 bits per heavy atom. The zero-order chi connectivity index (χ0) is 46.9. The maximum atomic E-state index is 12.7. The number of hydrogen-bond acceptors (Lipinski definition) is 12. The molecule has 0 heterocycles. The van der Waals surface area contributed by atoms with Crippen LogP contribution in [-0.2, 0) is 41.8 Å². The predicted octanol–water partition coefficient (Wildman–Crippen LogP) is 9.73. The van der Waals surface area contributed by atoms with E-state index in [0.29, 0.717) is 32.1 Å². The first-order chi connectivity index (χ1) is 30.2. The van der Waals surface area contributed by atoms with Crippen LogP contribution in [0, 0.1) is 0 Å². The predicted molar refractivity (Wildman–Crippen MR) is 246 cm³/mol. The summed E-state index contributed by atoms with van der Waals surface area (Å²) in [6.45, 7) is 1.36. The van der Waals surface area contributed by atoms with Crippen molar-refractivity contribution in [1.29, 1.82) is 0 Å². The summed E-state index contributed by atoms with van der Waals surface area (Å²) in [4.78, 5) is 52.7. The third-order valence-corrected chi connectivity index (χ3v) is 10.7. The molecule has 63 heavy (non-hydrogen) atoms. The van der Waals surface area contributed by atoms with Crippen LogP contribution in [0.3, 0.4) is 0 Å². The van der Waals surface area contributed by atoms with Gasteiger partial charge < -0.3 is 39.5 Å². The molecule has 6 N–H and O–H groups in total. The normalized spacial score (nSPS) is 15.6. The molecule has 0 aliphatic heterocycles. The van der Waals surface area contributed by atoms with Crippen LogP contribution >= 0.6 is 15.6 Å². The number of carbonyl (C=O) groups excluding carboxylic acids is 2. The highest BCUT2D eigenvalue weighted by atomic mass is 31.2. The molecule has 0 saturated carbocycles. The van der Waals surface area contributed by atoms with E-state index in [2.05, 4.69) is 16.0 Å². The van der Waals surface area contributed by atoms with Gasteiger partial charge in [0.25, 0.3) is 0 Å². The Kier molecular flexibility index (Phi) is 39.3. The summed E-state index contributed by atoms with van der Waals surface area (Å²) in [5.41, 5.74) is 0. The SMILES string of the molecule is CC/C=C\C[C@@H](O)/C=C/C=C\C/C=C\C=C\[C@@H](O)/C=C\CCCC(=O)OC[C@H](COP(=O)(O)OC[C@@H](O)COP(=O)(O)O)OC(=O)CCCCCCCCCCCCCCCCC. The van der Waals surface area contributed by atoms with Crippen LogP contribution in [0.1, 0.15) is 155 Å². The summed E-state index contributed by atoms with van der Waals surface area (Å²) in [5, 5.41) is 29.8. The summed E-state index contributed by atoms with van der Waals surface area (Å²) in [6.07, 6.45) is 38.2. The van der Waals surface area contributed by atoms with Crippen LogP contribution in [0.2, 0.25) is 0 Å². The molecule has 5 atom stereocenters. The van der Waals surface area contributed by atoms with E-state index in [9.17, 15) is 38.9 Å². The number of esters is 2. The number of ether oxygens (including phenoxy) is 2. The fraction of sp³-hybridized carbons (Fsp3) is 0.696. The number of aliphatic hydroxyl groups is 3. The Labute approximate surface area is 377 Å². The van der Waals surface area contributed by atoms with Crippen LogP contribution < -0.4 is 0 Å². The Balaban J connectivity index is 4.72. The summed E-state index contributed by atoms with van der Waals surface area (Å²) < 4.78 is 47.7.